The lowest BCUT2D eigenvalue weighted by atomic mass is 9.67. The molecule has 0 atom stereocenters. The lowest BCUT2D eigenvalue weighted by molar-refractivity contribution is -0.134. The summed E-state index contributed by atoms with van der Waals surface area (Å²) in [5, 5.41) is 9.63. The van der Waals surface area contributed by atoms with Gasteiger partial charge in [0.25, 0.3) is 0 Å². The van der Waals surface area contributed by atoms with Gasteiger partial charge in [0.15, 0.2) is 0 Å². The molecule has 0 saturated carbocycles. The number of aldehydes is 1. The number of aliphatic hydroxyl groups excluding tert-OH is 1. The predicted octanol–water partition coefficient (Wildman–Crippen LogP) is 3.75. The second-order valence-corrected chi connectivity index (χ2v) is 8.52. The minimum Gasteiger partial charge on any atom is -0.493 e. The smallest absolute Gasteiger partial charge is 0.226 e. The Morgan fingerprint density at radius 3 is 2.24 bits per heavy atom. The number of allylic oxidation sites excluding steroid dienone is 4. The first-order chi connectivity index (χ1) is 15.6. The number of amides is 1. The number of nitrogens with one attached hydrogen (secondary N) is 1. The molecule has 2 rings (SSSR count). The zero-order valence-corrected chi connectivity index (χ0v) is 20.6. The van der Waals surface area contributed by atoms with E-state index in [-0.39, 0.29) is 17.9 Å². The Balaban J connectivity index is 0.000000950. The summed E-state index contributed by atoms with van der Waals surface area (Å²) in [6.07, 6.45) is 13.8. The van der Waals surface area contributed by atoms with Crippen molar-refractivity contribution in [3.05, 3.63) is 60.3 Å². The first-order valence-corrected chi connectivity index (χ1v) is 11.0. The van der Waals surface area contributed by atoms with Crippen molar-refractivity contribution >= 4 is 17.9 Å². The summed E-state index contributed by atoms with van der Waals surface area (Å²) in [4.78, 5) is 22.6. The van der Waals surface area contributed by atoms with Crippen LogP contribution < -0.4 is 21.5 Å². The van der Waals surface area contributed by atoms with Gasteiger partial charge in [-0.1, -0.05) is 52.0 Å². The summed E-state index contributed by atoms with van der Waals surface area (Å²) in [5.41, 5.74) is 11.7. The topological polar surface area (TPSA) is 128 Å². The van der Waals surface area contributed by atoms with E-state index in [9.17, 15) is 9.59 Å². The molecule has 0 radical (unpaired) electrons. The average molecular weight is 460 g/mol. The highest BCUT2D eigenvalue weighted by Gasteiger charge is 2.41. The number of carbonyl (C=O) groups is 2. The quantitative estimate of drug-likeness (QED) is 0.193. The Labute approximate surface area is 198 Å². The zero-order valence-electron chi connectivity index (χ0n) is 20.6. The van der Waals surface area contributed by atoms with Crippen molar-refractivity contribution in [2.24, 2.45) is 16.6 Å². The number of ether oxygens (including phenoxy) is 1. The van der Waals surface area contributed by atoms with Gasteiger partial charge in [0.1, 0.15) is 12.0 Å². The Bertz CT molecular complexity index is 794. The van der Waals surface area contributed by atoms with Crippen LogP contribution in [-0.4, -0.2) is 37.6 Å². The lowest BCUT2D eigenvalue weighted by Gasteiger charge is -2.38. The minimum atomic E-state index is -0.635. The number of rotatable bonds is 9. The Morgan fingerprint density at radius 2 is 1.76 bits per heavy atom. The standard InChI is InChI=1S/C19H28N2O3.C6H9N.CH4O/c1-18(2,19(3,4)17(23)21-12-13-22)11-5-6-14-24-16-9-7-15(20)8-10-16;7-6-4-2-1-3-5-6;1-2/h5,7-11,13H,6,12,14,20H2,1-4H3,(H,21,23);2,4-5H,1,3,7H2;2H,1H3/b11-5-;;. The summed E-state index contributed by atoms with van der Waals surface area (Å²) in [7, 11) is 1.00. The van der Waals surface area contributed by atoms with Gasteiger partial charge in [-0.15, -0.1) is 0 Å². The molecule has 184 valence electrons. The molecule has 6 N–H and O–H groups in total. The van der Waals surface area contributed by atoms with Gasteiger partial charge in [-0.3, -0.25) is 4.79 Å². The van der Waals surface area contributed by atoms with Crippen molar-refractivity contribution < 1.29 is 19.4 Å². The van der Waals surface area contributed by atoms with Crippen LogP contribution in [0.15, 0.2) is 60.3 Å². The summed E-state index contributed by atoms with van der Waals surface area (Å²) in [6, 6.07) is 7.27. The number of nitrogen functional groups attached to an aromatic ring is 1. The average Bonchev–Trinajstić information content (AvgIpc) is 2.80. The Morgan fingerprint density at radius 1 is 1.12 bits per heavy atom. The van der Waals surface area contributed by atoms with Crippen LogP contribution in [0.25, 0.3) is 0 Å². The molecule has 7 heteroatoms. The van der Waals surface area contributed by atoms with Crippen molar-refractivity contribution in [2.75, 3.05) is 26.0 Å². The van der Waals surface area contributed by atoms with Crippen molar-refractivity contribution in [1.29, 1.82) is 0 Å². The molecule has 0 heterocycles. The van der Waals surface area contributed by atoms with Crippen molar-refractivity contribution in [2.45, 2.75) is 47.0 Å². The third-order valence-corrected chi connectivity index (χ3v) is 5.52. The van der Waals surface area contributed by atoms with Crippen LogP contribution in [0.5, 0.6) is 5.75 Å². The number of hydrogen-bond acceptors (Lipinski definition) is 6. The molecule has 1 aromatic carbocycles. The van der Waals surface area contributed by atoms with Crippen molar-refractivity contribution in [3.63, 3.8) is 0 Å². The van der Waals surface area contributed by atoms with Crippen LogP contribution in [-0.2, 0) is 9.59 Å². The van der Waals surface area contributed by atoms with Crippen LogP contribution in [0.3, 0.4) is 0 Å². The summed E-state index contributed by atoms with van der Waals surface area (Å²) >= 11 is 0. The van der Waals surface area contributed by atoms with Gasteiger partial charge in [-0.25, -0.2) is 0 Å². The molecule has 0 aromatic heterocycles. The van der Waals surface area contributed by atoms with Gasteiger partial charge < -0.3 is 31.4 Å². The van der Waals surface area contributed by atoms with E-state index in [4.69, 9.17) is 21.3 Å². The monoisotopic (exact) mass is 459 g/mol. The highest BCUT2D eigenvalue weighted by Crippen LogP contribution is 2.40. The molecular formula is C26H41N3O4. The fourth-order valence-electron chi connectivity index (χ4n) is 2.68. The van der Waals surface area contributed by atoms with Crippen LogP contribution in [0.1, 0.15) is 47.0 Å². The fourth-order valence-corrected chi connectivity index (χ4v) is 2.68. The summed E-state index contributed by atoms with van der Waals surface area (Å²) in [5.74, 6) is 0.646. The zero-order chi connectivity index (χ0) is 25.3. The van der Waals surface area contributed by atoms with Crippen LogP contribution in [0, 0.1) is 10.8 Å². The molecule has 0 spiro atoms. The number of nitrogens with two attached hydrogens (primary N) is 2. The summed E-state index contributed by atoms with van der Waals surface area (Å²) < 4.78 is 5.64. The molecule has 1 aliphatic rings. The lowest BCUT2D eigenvalue weighted by Crippen LogP contribution is -2.46. The number of aliphatic hydroxyl groups is 1. The van der Waals surface area contributed by atoms with Gasteiger partial charge in [0.05, 0.1) is 18.6 Å². The van der Waals surface area contributed by atoms with E-state index < -0.39 is 5.41 Å². The molecule has 7 nitrogen and oxygen atoms in total. The highest BCUT2D eigenvalue weighted by molar-refractivity contribution is 5.84. The number of carbonyl (C=O) groups excluding carboxylic acids is 2. The molecule has 33 heavy (non-hydrogen) atoms. The van der Waals surface area contributed by atoms with E-state index in [1.54, 1.807) is 12.1 Å². The van der Waals surface area contributed by atoms with Crippen molar-refractivity contribution in [1.82, 2.24) is 5.32 Å². The second kappa shape index (κ2) is 15.7. The molecule has 1 aromatic rings. The van der Waals surface area contributed by atoms with Crippen LogP contribution in [0.4, 0.5) is 5.69 Å². The van der Waals surface area contributed by atoms with Gasteiger partial charge in [0.2, 0.25) is 5.91 Å². The van der Waals surface area contributed by atoms with E-state index in [0.717, 1.165) is 37.8 Å². The van der Waals surface area contributed by atoms with Crippen molar-refractivity contribution in [3.8, 4) is 5.75 Å². The predicted molar refractivity (Wildman–Crippen MR) is 136 cm³/mol. The van der Waals surface area contributed by atoms with E-state index in [1.165, 1.54) is 0 Å². The molecular weight excluding hydrogens is 418 g/mol. The Hall–Kier alpha value is -3.06. The third-order valence-electron chi connectivity index (χ3n) is 5.52. The molecule has 0 bridgehead atoms. The number of benzene rings is 1. The maximum atomic E-state index is 12.2. The minimum absolute atomic E-state index is 0.0392. The van der Waals surface area contributed by atoms with Gasteiger partial charge in [-0.2, -0.15) is 0 Å². The first kappa shape index (κ1) is 29.9. The maximum absolute atomic E-state index is 12.2. The normalized spacial score (nSPS) is 13.1. The molecule has 0 fully saturated rings. The largest absolute Gasteiger partial charge is 0.493 e. The Kier molecular flexibility index (Phi) is 14.2. The molecule has 0 aliphatic heterocycles. The second-order valence-electron chi connectivity index (χ2n) is 8.52. The van der Waals surface area contributed by atoms with E-state index in [0.29, 0.717) is 18.6 Å². The van der Waals surface area contributed by atoms with E-state index in [2.05, 4.69) is 11.4 Å². The summed E-state index contributed by atoms with van der Waals surface area (Å²) in [6.45, 7) is 8.35. The van der Waals surface area contributed by atoms with Crippen LogP contribution in [0.2, 0.25) is 0 Å². The number of hydrogen-bond donors (Lipinski definition) is 4. The highest BCUT2D eigenvalue weighted by atomic mass is 16.5. The molecule has 1 aliphatic carbocycles. The molecule has 0 unspecified atom stereocenters. The fraction of sp³-hybridized carbons (Fsp3) is 0.462. The van der Waals surface area contributed by atoms with Gasteiger partial charge in [-0.05, 0) is 55.0 Å². The van der Waals surface area contributed by atoms with Crippen LogP contribution >= 0.6 is 0 Å². The molecule has 0 saturated heterocycles. The van der Waals surface area contributed by atoms with E-state index in [1.807, 2.05) is 64.1 Å². The van der Waals surface area contributed by atoms with E-state index >= 15 is 0 Å². The maximum Gasteiger partial charge on any atom is 0.226 e. The SMILES string of the molecule is CC(C)(/C=C\CCOc1ccc(N)cc1)C(C)(C)C(=O)NCC=O.CO.NC1=CCCC=C1. The number of anilines is 1. The third kappa shape index (κ3) is 11.4. The van der Waals surface area contributed by atoms with Gasteiger partial charge in [0, 0.05) is 18.5 Å². The first-order valence-electron chi connectivity index (χ1n) is 11.0. The van der Waals surface area contributed by atoms with Gasteiger partial charge >= 0.3 is 0 Å². The molecule has 1 amide bonds.